The summed E-state index contributed by atoms with van der Waals surface area (Å²) in [4.78, 5) is 0. The normalized spacial score (nSPS) is 12.8. The van der Waals surface area contributed by atoms with Crippen LogP contribution < -0.4 is 5.32 Å². The summed E-state index contributed by atoms with van der Waals surface area (Å²) >= 11 is 0. The second kappa shape index (κ2) is 4.96. The minimum absolute atomic E-state index is 0.0354. The SMILES string of the molecule is CNCCc1ccc(O)c(C(C)F)c1. The Bertz CT molecular complexity index is 299. The maximum Gasteiger partial charge on any atom is 0.126 e. The van der Waals surface area contributed by atoms with Crippen molar-refractivity contribution in [3.63, 3.8) is 0 Å². The van der Waals surface area contributed by atoms with E-state index in [-0.39, 0.29) is 5.75 Å². The van der Waals surface area contributed by atoms with E-state index in [1.807, 2.05) is 13.1 Å². The first-order valence-corrected chi connectivity index (χ1v) is 4.75. The fourth-order valence-corrected chi connectivity index (χ4v) is 1.35. The highest BCUT2D eigenvalue weighted by atomic mass is 19.1. The van der Waals surface area contributed by atoms with Gasteiger partial charge in [-0.05, 0) is 44.6 Å². The van der Waals surface area contributed by atoms with Crippen LogP contribution in [-0.2, 0) is 6.42 Å². The Morgan fingerprint density at radius 2 is 2.21 bits per heavy atom. The average Bonchev–Trinajstić information content (AvgIpc) is 2.16. The smallest absolute Gasteiger partial charge is 0.126 e. The van der Waals surface area contributed by atoms with E-state index in [9.17, 15) is 9.50 Å². The Balaban J connectivity index is 2.83. The largest absolute Gasteiger partial charge is 0.508 e. The fourth-order valence-electron chi connectivity index (χ4n) is 1.35. The Labute approximate surface area is 83.8 Å². The second-order valence-electron chi connectivity index (χ2n) is 3.36. The van der Waals surface area contributed by atoms with Crippen molar-refractivity contribution in [1.29, 1.82) is 0 Å². The Morgan fingerprint density at radius 3 is 2.79 bits per heavy atom. The molecule has 0 amide bonds. The van der Waals surface area contributed by atoms with Gasteiger partial charge in [0, 0.05) is 5.56 Å². The summed E-state index contributed by atoms with van der Waals surface area (Å²) < 4.78 is 13.0. The van der Waals surface area contributed by atoms with Gasteiger partial charge in [0.05, 0.1) is 0 Å². The van der Waals surface area contributed by atoms with Gasteiger partial charge >= 0.3 is 0 Å². The van der Waals surface area contributed by atoms with Crippen molar-refractivity contribution in [3.05, 3.63) is 29.3 Å². The number of phenols is 1. The average molecular weight is 197 g/mol. The van der Waals surface area contributed by atoms with E-state index in [0.29, 0.717) is 5.56 Å². The van der Waals surface area contributed by atoms with Gasteiger partial charge in [-0.3, -0.25) is 0 Å². The van der Waals surface area contributed by atoms with Crippen LogP contribution in [-0.4, -0.2) is 18.7 Å². The molecule has 1 aromatic carbocycles. The summed E-state index contributed by atoms with van der Waals surface area (Å²) in [6.45, 7) is 2.28. The third-order valence-corrected chi connectivity index (χ3v) is 2.18. The minimum Gasteiger partial charge on any atom is -0.508 e. The third kappa shape index (κ3) is 2.70. The minimum atomic E-state index is -1.12. The topological polar surface area (TPSA) is 32.3 Å². The summed E-state index contributed by atoms with van der Waals surface area (Å²) in [5.41, 5.74) is 1.41. The molecule has 0 fully saturated rings. The molecule has 1 rings (SSSR count). The van der Waals surface area contributed by atoms with Gasteiger partial charge in [0.1, 0.15) is 11.9 Å². The van der Waals surface area contributed by atoms with E-state index in [1.54, 1.807) is 12.1 Å². The molecule has 0 saturated heterocycles. The monoisotopic (exact) mass is 197 g/mol. The van der Waals surface area contributed by atoms with Crippen molar-refractivity contribution in [1.82, 2.24) is 5.32 Å². The predicted molar refractivity (Wildman–Crippen MR) is 55.3 cm³/mol. The number of benzene rings is 1. The lowest BCUT2D eigenvalue weighted by atomic mass is 10.0. The molecule has 0 saturated carbocycles. The maximum absolute atomic E-state index is 13.0. The molecule has 2 N–H and O–H groups in total. The summed E-state index contributed by atoms with van der Waals surface area (Å²) in [5, 5.41) is 12.4. The van der Waals surface area contributed by atoms with Gasteiger partial charge in [-0.2, -0.15) is 0 Å². The predicted octanol–water partition coefficient (Wildman–Crippen LogP) is 2.18. The first-order chi connectivity index (χ1) is 6.65. The molecule has 3 heteroatoms. The highest BCUT2D eigenvalue weighted by molar-refractivity contribution is 5.37. The summed E-state index contributed by atoms with van der Waals surface area (Å²) in [6.07, 6.45) is -0.277. The van der Waals surface area contributed by atoms with Gasteiger partial charge in [-0.15, -0.1) is 0 Å². The molecule has 1 aromatic rings. The van der Waals surface area contributed by atoms with Crippen molar-refractivity contribution < 1.29 is 9.50 Å². The molecule has 78 valence electrons. The number of nitrogens with one attached hydrogen (secondary N) is 1. The maximum atomic E-state index is 13.0. The highest BCUT2D eigenvalue weighted by Crippen LogP contribution is 2.27. The second-order valence-corrected chi connectivity index (χ2v) is 3.36. The van der Waals surface area contributed by atoms with Crippen molar-refractivity contribution in [3.8, 4) is 5.75 Å². The number of rotatable bonds is 4. The first kappa shape index (κ1) is 11.0. The molecule has 1 atom stereocenters. The molecule has 0 heterocycles. The lowest BCUT2D eigenvalue weighted by Gasteiger charge is -2.08. The van der Waals surface area contributed by atoms with Crippen LogP contribution in [0, 0.1) is 0 Å². The zero-order chi connectivity index (χ0) is 10.6. The number of hydrogen-bond acceptors (Lipinski definition) is 2. The fraction of sp³-hybridized carbons (Fsp3) is 0.455. The Morgan fingerprint density at radius 1 is 1.50 bits per heavy atom. The van der Waals surface area contributed by atoms with E-state index < -0.39 is 6.17 Å². The summed E-state index contributed by atoms with van der Waals surface area (Å²) in [6, 6.07) is 5.09. The van der Waals surface area contributed by atoms with E-state index in [1.165, 1.54) is 6.92 Å². The lowest BCUT2D eigenvalue weighted by molar-refractivity contribution is 0.356. The van der Waals surface area contributed by atoms with Gasteiger partial charge in [-0.25, -0.2) is 4.39 Å². The van der Waals surface area contributed by atoms with Crippen LogP contribution in [0.3, 0.4) is 0 Å². The van der Waals surface area contributed by atoms with Crippen LogP contribution in [0.25, 0.3) is 0 Å². The molecule has 0 radical (unpaired) electrons. The molecule has 0 aliphatic heterocycles. The van der Waals surface area contributed by atoms with Crippen molar-refractivity contribution in [2.45, 2.75) is 19.5 Å². The van der Waals surface area contributed by atoms with Crippen molar-refractivity contribution in [2.24, 2.45) is 0 Å². The third-order valence-electron chi connectivity index (χ3n) is 2.18. The standard InChI is InChI=1S/C11H16FNO/c1-8(12)10-7-9(5-6-13-2)3-4-11(10)14/h3-4,7-8,13-14H,5-6H2,1-2H3. The van der Waals surface area contributed by atoms with E-state index in [4.69, 9.17) is 0 Å². The van der Waals surface area contributed by atoms with Crippen LogP contribution in [0.4, 0.5) is 4.39 Å². The van der Waals surface area contributed by atoms with Gasteiger partial charge in [0.25, 0.3) is 0 Å². The van der Waals surface area contributed by atoms with Crippen LogP contribution in [0.5, 0.6) is 5.75 Å². The molecule has 14 heavy (non-hydrogen) atoms. The van der Waals surface area contributed by atoms with Crippen LogP contribution >= 0.6 is 0 Å². The zero-order valence-corrected chi connectivity index (χ0v) is 8.55. The van der Waals surface area contributed by atoms with E-state index >= 15 is 0 Å². The summed E-state index contributed by atoms with van der Waals surface area (Å²) in [7, 11) is 1.87. The molecule has 0 aliphatic rings. The van der Waals surface area contributed by atoms with E-state index in [0.717, 1.165) is 18.5 Å². The molecule has 0 aromatic heterocycles. The van der Waals surface area contributed by atoms with Gasteiger partial charge < -0.3 is 10.4 Å². The van der Waals surface area contributed by atoms with Crippen LogP contribution in [0.15, 0.2) is 18.2 Å². The summed E-state index contributed by atoms with van der Waals surface area (Å²) in [5.74, 6) is 0.0354. The quantitative estimate of drug-likeness (QED) is 0.775. The number of alkyl halides is 1. The van der Waals surface area contributed by atoms with Crippen LogP contribution in [0.1, 0.15) is 24.2 Å². The van der Waals surface area contributed by atoms with Gasteiger partial charge in [-0.1, -0.05) is 6.07 Å². The van der Waals surface area contributed by atoms with Crippen molar-refractivity contribution in [2.75, 3.05) is 13.6 Å². The van der Waals surface area contributed by atoms with E-state index in [2.05, 4.69) is 5.32 Å². The number of aromatic hydroxyl groups is 1. The number of phenolic OH excluding ortho intramolecular Hbond substituents is 1. The van der Waals surface area contributed by atoms with Crippen LogP contribution in [0.2, 0.25) is 0 Å². The lowest BCUT2D eigenvalue weighted by Crippen LogP contribution is -2.10. The first-order valence-electron chi connectivity index (χ1n) is 4.75. The highest BCUT2D eigenvalue weighted by Gasteiger charge is 2.09. The number of halogens is 1. The number of hydrogen-bond donors (Lipinski definition) is 2. The van der Waals surface area contributed by atoms with Gasteiger partial charge in [0.15, 0.2) is 0 Å². The molecule has 2 nitrogen and oxygen atoms in total. The Hall–Kier alpha value is -1.09. The van der Waals surface area contributed by atoms with Crippen molar-refractivity contribution >= 4 is 0 Å². The number of likely N-dealkylation sites (N-methyl/N-ethyl adjacent to an activating group) is 1. The molecule has 0 aliphatic carbocycles. The molecular formula is C11H16FNO. The Kier molecular flexibility index (Phi) is 3.89. The molecule has 0 bridgehead atoms. The molecule has 1 unspecified atom stereocenters. The van der Waals surface area contributed by atoms with Gasteiger partial charge in [0.2, 0.25) is 0 Å². The molecule has 0 spiro atoms. The molecular weight excluding hydrogens is 181 g/mol. The zero-order valence-electron chi connectivity index (χ0n) is 8.55.